The number of rotatable bonds is 7. The maximum absolute atomic E-state index is 13.6. The third-order valence-electron chi connectivity index (χ3n) is 7.15. The van der Waals surface area contributed by atoms with Crippen LogP contribution < -0.4 is 5.32 Å². The fourth-order valence-electron chi connectivity index (χ4n) is 4.94. The van der Waals surface area contributed by atoms with Gasteiger partial charge in [-0.1, -0.05) is 48.5 Å². The highest BCUT2D eigenvalue weighted by Crippen LogP contribution is 2.33. The number of aromatic carboxylic acids is 1. The lowest BCUT2D eigenvalue weighted by atomic mass is 9.98. The zero-order valence-corrected chi connectivity index (χ0v) is 22.5. The van der Waals surface area contributed by atoms with E-state index in [1.54, 1.807) is 35.1 Å². The van der Waals surface area contributed by atoms with Crippen LogP contribution in [-0.4, -0.2) is 31.7 Å². The lowest BCUT2D eigenvalue weighted by molar-refractivity contribution is -0.137. The first-order valence-corrected chi connectivity index (χ1v) is 13.3. The molecular formula is C33H23F3N4O3. The zero-order chi connectivity index (χ0) is 30.1. The molecule has 0 saturated heterocycles. The van der Waals surface area contributed by atoms with Crippen molar-refractivity contribution in [3.8, 4) is 11.1 Å². The molecule has 6 aromatic rings. The standard InChI is InChI=1S/C33H23F3N4O3/c34-33(35,36)26-12-9-21(10-13-26)24-15-25-18-38-40(19-27-14-11-22-3-1-2-4-29(22)39-27)30(25)28(16-24)31(41)37-17-20-5-7-23(8-6-20)32(42)43/h1-16,18H,17,19H2,(H,37,41)(H,42,43). The van der Waals surface area contributed by atoms with Gasteiger partial charge in [-0.3, -0.25) is 14.5 Å². The average Bonchev–Trinajstić information content (AvgIpc) is 3.41. The third kappa shape index (κ3) is 5.80. The van der Waals surface area contributed by atoms with E-state index >= 15 is 0 Å². The molecule has 10 heteroatoms. The summed E-state index contributed by atoms with van der Waals surface area (Å²) in [5, 5.41) is 18.2. The molecule has 0 aliphatic rings. The highest BCUT2D eigenvalue weighted by molar-refractivity contribution is 6.07. The molecule has 43 heavy (non-hydrogen) atoms. The van der Waals surface area contributed by atoms with Crippen LogP contribution in [0.1, 0.15) is 37.5 Å². The molecule has 0 atom stereocenters. The molecule has 2 N–H and O–H groups in total. The van der Waals surface area contributed by atoms with E-state index in [0.29, 0.717) is 27.6 Å². The van der Waals surface area contributed by atoms with Crippen molar-refractivity contribution < 1.29 is 27.9 Å². The number of hydrogen-bond donors (Lipinski definition) is 2. The second-order valence-corrected chi connectivity index (χ2v) is 10.0. The topological polar surface area (TPSA) is 97.1 Å². The Balaban J connectivity index is 1.37. The summed E-state index contributed by atoms with van der Waals surface area (Å²) >= 11 is 0. The monoisotopic (exact) mass is 580 g/mol. The molecule has 0 fully saturated rings. The van der Waals surface area contributed by atoms with Crippen LogP contribution in [0.5, 0.6) is 0 Å². The van der Waals surface area contributed by atoms with Crippen molar-refractivity contribution >= 4 is 33.7 Å². The lowest BCUT2D eigenvalue weighted by Gasteiger charge is -2.13. The van der Waals surface area contributed by atoms with Crippen molar-refractivity contribution in [2.75, 3.05) is 0 Å². The summed E-state index contributed by atoms with van der Waals surface area (Å²) in [6.07, 6.45) is -2.85. The second kappa shape index (κ2) is 11.1. The van der Waals surface area contributed by atoms with Crippen LogP contribution in [0.15, 0.2) is 103 Å². The van der Waals surface area contributed by atoms with Gasteiger partial charge in [-0.2, -0.15) is 18.3 Å². The highest BCUT2D eigenvalue weighted by Gasteiger charge is 2.30. The number of benzene rings is 4. The molecule has 0 saturated carbocycles. The Morgan fingerprint density at radius 3 is 2.30 bits per heavy atom. The Morgan fingerprint density at radius 1 is 0.837 bits per heavy atom. The van der Waals surface area contributed by atoms with Crippen LogP contribution in [0.2, 0.25) is 0 Å². The number of nitrogens with zero attached hydrogens (tertiary/aromatic N) is 3. The smallest absolute Gasteiger partial charge is 0.416 e. The molecule has 0 aliphatic heterocycles. The number of carboxylic acids is 1. The molecule has 1 amide bonds. The number of nitrogens with one attached hydrogen (secondary N) is 1. The van der Waals surface area contributed by atoms with E-state index in [9.17, 15) is 22.8 Å². The molecule has 0 aliphatic carbocycles. The predicted molar refractivity (Wildman–Crippen MR) is 156 cm³/mol. The third-order valence-corrected chi connectivity index (χ3v) is 7.15. The number of alkyl halides is 3. The predicted octanol–water partition coefficient (Wildman–Crippen LogP) is 6.95. The molecule has 214 valence electrons. The maximum Gasteiger partial charge on any atom is 0.416 e. The quantitative estimate of drug-likeness (QED) is 0.213. The van der Waals surface area contributed by atoms with Crippen LogP contribution in [0.25, 0.3) is 32.9 Å². The molecule has 6 rings (SSSR count). The van der Waals surface area contributed by atoms with E-state index in [4.69, 9.17) is 10.1 Å². The van der Waals surface area contributed by atoms with Gasteiger partial charge in [0.2, 0.25) is 0 Å². The summed E-state index contributed by atoms with van der Waals surface area (Å²) in [4.78, 5) is 29.5. The Hall–Kier alpha value is -5.51. The molecule has 0 radical (unpaired) electrons. The minimum atomic E-state index is -4.46. The summed E-state index contributed by atoms with van der Waals surface area (Å²) in [7, 11) is 0. The summed E-state index contributed by atoms with van der Waals surface area (Å²) in [6.45, 7) is 0.413. The number of halogens is 3. The van der Waals surface area contributed by atoms with Crippen molar-refractivity contribution in [2.45, 2.75) is 19.3 Å². The Kier molecular flexibility index (Phi) is 7.11. The van der Waals surface area contributed by atoms with E-state index in [-0.39, 0.29) is 24.2 Å². The maximum atomic E-state index is 13.6. The van der Waals surface area contributed by atoms with Gasteiger partial charge in [0.15, 0.2) is 0 Å². The van der Waals surface area contributed by atoms with Crippen molar-refractivity contribution in [3.05, 3.63) is 131 Å². The minimum Gasteiger partial charge on any atom is -0.478 e. The van der Waals surface area contributed by atoms with E-state index in [1.165, 1.54) is 24.3 Å². The summed E-state index contributed by atoms with van der Waals surface area (Å²) in [6, 6.07) is 25.9. The van der Waals surface area contributed by atoms with E-state index in [0.717, 1.165) is 28.7 Å². The SMILES string of the molecule is O=C(O)c1ccc(CNC(=O)c2cc(-c3ccc(C(F)(F)F)cc3)cc3cnn(Cc4ccc5ccccc5n4)c23)cc1. The average molecular weight is 581 g/mol. The number of aromatic nitrogens is 3. The Morgan fingerprint density at radius 2 is 1.58 bits per heavy atom. The summed E-state index contributed by atoms with van der Waals surface area (Å²) < 4.78 is 41.1. The lowest BCUT2D eigenvalue weighted by Crippen LogP contribution is -2.24. The van der Waals surface area contributed by atoms with E-state index < -0.39 is 23.6 Å². The first-order valence-electron chi connectivity index (χ1n) is 13.3. The molecule has 2 heterocycles. The highest BCUT2D eigenvalue weighted by atomic mass is 19.4. The van der Waals surface area contributed by atoms with Crippen molar-refractivity contribution in [2.24, 2.45) is 0 Å². The number of fused-ring (bicyclic) bond motifs is 2. The molecule has 7 nitrogen and oxygen atoms in total. The molecule has 0 spiro atoms. The van der Waals surface area contributed by atoms with Crippen molar-refractivity contribution in [1.29, 1.82) is 0 Å². The van der Waals surface area contributed by atoms with Gasteiger partial charge in [0.25, 0.3) is 5.91 Å². The number of pyridine rings is 1. The van der Waals surface area contributed by atoms with Gasteiger partial charge >= 0.3 is 12.1 Å². The summed E-state index contributed by atoms with van der Waals surface area (Å²) in [5.74, 6) is -1.47. The van der Waals surface area contributed by atoms with Gasteiger partial charge in [0, 0.05) is 17.3 Å². The van der Waals surface area contributed by atoms with Crippen LogP contribution >= 0.6 is 0 Å². The van der Waals surface area contributed by atoms with Gasteiger partial charge in [0.05, 0.1) is 46.2 Å². The molecule has 4 aromatic carbocycles. The molecule has 2 aromatic heterocycles. The van der Waals surface area contributed by atoms with Gasteiger partial charge < -0.3 is 10.4 Å². The van der Waals surface area contributed by atoms with Gasteiger partial charge in [0.1, 0.15) is 0 Å². The molecular weight excluding hydrogens is 557 g/mol. The fraction of sp³-hybridized carbons (Fsp3) is 0.0909. The largest absolute Gasteiger partial charge is 0.478 e. The minimum absolute atomic E-state index is 0.130. The van der Waals surface area contributed by atoms with Crippen molar-refractivity contribution in [1.82, 2.24) is 20.1 Å². The van der Waals surface area contributed by atoms with Gasteiger partial charge in [-0.15, -0.1) is 0 Å². The number of hydrogen-bond acceptors (Lipinski definition) is 4. The van der Waals surface area contributed by atoms with Crippen LogP contribution in [-0.2, 0) is 19.3 Å². The van der Waals surface area contributed by atoms with E-state index in [2.05, 4.69) is 10.4 Å². The number of amides is 1. The number of carbonyl (C=O) groups is 2. The van der Waals surface area contributed by atoms with E-state index in [1.807, 2.05) is 36.4 Å². The number of para-hydroxylation sites is 1. The first-order chi connectivity index (χ1) is 20.7. The van der Waals surface area contributed by atoms with Crippen LogP contribution in [0.4, 0.5) is 13.2 Å². The molecule has 0 unspecified atom stereocenters. The van der Waals surface area contributed by atoms with Crippen molar-refractivity contribution in [3.63, 3.8) is 0 Å². The van der Waals surface area contributed by atoms with Gasteiger partial charge in [-0.05, 0) is 65.2 Å². The normalized spacial score (nSPS) is 11.6. The Labute approximate surface area is 243 Å². The number of carbonyl (C=O) groups excluding carboxylic acids is 1. The first kappa shape index (κ1) is 27.6. The number of carboxylic acid groups (broad SMARTS) is 1. The Bertz CT molecular complexity index is 1980. The fourth-order valence-corrected chi connectivity index (χ4v) is 4.94. The van der Waals surface area contributed by atoms with Crippen LogP contribution in [0, 0.1) is 0 Å². The van der Waals surface area contributed by atoms with Gasteiger partial charge in [-0.25, -0.2) is 4.79 Å². The molecule has 0 bridgehead atoms. The summed E-state index contributed by atoms with van der Waals surface area (Å²) in [5.41, 5.74) is 3.53. The van der Waals surface area contributed by atoms with Crippen LogP contribution in [0.3, 0.4) is 0 Å². The second-order valence-electron chi connectivity index (χ2n) is 10.0. The zero-order valence-electron chi connectivity index (χ0n) is 22.5.